The molecular weight excluding hydrogens is 699 g/mol. The molecule has 290 valence electrons. The number of anilines is 2. The number of ether oxygens (including phenoxy) is 2. The van der Waals surface area contributed by atoms with Gasteiger partial charge in [-0.3, -0.25) is 9.97 Å². The average molecular weight is 759 g/mol. The highest BCUT2D eigenvalue weighted by Gasteiger charge is 2.31. The predicted octanol–water partition coefficient (Wildman–Crippen LogP) is 5.13. The number of rotatable bonds is 2. The molecule has 0 radical (unpaired) electrons. The highest BCUT2D eigenvalue weighted by molar-refractivity contribution is 7.59. The first-order valence-electron chi connectivity index (χ1n) is 17.1. The van der Waals surface area contributed by atoms with E-state index in [0.717, 1.165) is 39.3 Å². The van der Waals surface area contributed by atoms with Crippen molar-refractivity contribution >= 4 is 50.6 Å². The van der Waals surface area contributed by atoms with Crippen molar-refractivity contribution < 1.29 is 27.8 Å². The smallest absolute Gasteiger partial charge is 0.410 e. The van der Waals surface area contributed by atoms with Crippen molar-refractivity contribution in [2.45, 2.75) is 91.6 Å². The molecular formula is C35H60F2N8O4S2. The Labute approximate surface area is 316 Å². The first-order chi connectivity index (χ1) is 22.9. The minimum atomic E-state index is -0.505. The van der Waals surface area contributed by atoms with Crippen LogP contribution in [0.1, 0.15) is 62.3 Å². The van der Waals surface area contributed by atoms with Gasteiger partial charge in [0, 0.05) is 89.4 Å². The highest BCUT2D eigenvalue weighted by Crippen LogP contribution is 2.24. The number of aromatic nitrogens is 2. The highest BCUT2D eigenvalue weighted by atomic mass is 32.1. The Hall–Kier alpha value is -3.08. The van der Waals surface area contributed by atoms with E-state index in [1.807, 2.05) is 53.4 Å². The Morgan fingerprint density at radius 3 is 1.65 bits per heavy atom. The van der Waals surface area contributed by atoms with Crippen molar-refractivity contribution in [1.82, 2.24) is 30.4 Å². The zero-order chi connectivity index (χ0) is 36.4. The lowest BCUT2D eigenvalue weighted by atomic mass is 10.1. The zero-order valence-corrected chi connectivity index (χ0v) is 33.6. The molecule has 0 unspecified atom stereocenters. The quantitative estimate of drug-likeness (QED) is 0.428. The van der Waals surface area contributed by atoms with Gasteiger partial charge in [-0.2, -0.15) is 27.0 Å². The van der Waals surface area contributed by atoms with Crippen LogP contribution in [0, 0.1) is 11.6 Å². The Morgan fingerprint density at radius 1 is 0.725 bits per heavy atom. The van der Waals surface area contributed by atoms with Crippen LogP contribution in [0.15, 0.2) is 36.9 Å². The van der Waals surface area contributed by atoms with Crippen LogP contribution in [-0.4, -0.2) is 120 Å². The number of halogens is 2. The first-order valence-corrected chi connectivity index (χ1v) is 17.1. The van der Waals surface area contributed by atoms with Crippen LogP contribution in [-0.2, 0) is 9.47 Å². The van der Waals surface area contributed by atoms with Crippen LogP contribution in [0.25, 0.3) is 0 Å². The molecule has 2 aromatic heterocycles. The monoisotopic (exact) mass is 758 g/mol. The lowest BCUT2D eigenvalue weighted by molar-refractivity contribution is 0.0197. The lowest BCUT2D eigenvalue weighted by Crippen LogP contribution is -2.54. The van der Waals surface area contributed by atoms with Crippen molar-refractivity contribution in [2.24, 2.45) is 0 Å². The fraction of sp³-hybridized carbons (Fsp3) is 0.657. The third-order valence-electron chi connectivity index (χ3n) is 7.92. The maximum atomic E-state index is 13.8. The van der Waals surface area contributed by atoms with Gasteiger partial charge in [0.15, 0.2) is 11.6 Å². The standard InChI is InChI=1S/C15H22FN3O2.C10H14FN3.C10H20N2O2.2H2S/c1-11-10-18(14(20)21-15(2,3)4)7-8-19(11)13-5-6-17-9-12(13)16;1-8-6-13-4-5-14(8)10-2-3-12-7-9(10)11;1-8-7-12(6-5-11-8)9(13)14-10(2,3)4;;/h5-6,9,11H,7-8,10H2,1-4H3;2-3,7-8,13H,4-6H2,1H3;8,11H,5-7H2,1-4H3;2*1H2/t11-;2*8-;;/m000../s1. The molecule has 0 saturated carbocycles. The Morgan fingerprint density at radius 2 is 1.22 bits per heavy atom. The molecule has 2 aromatic rings. The normalized spacial score (nSPS) is 20.6. The SMILES string of the molecule is C[C@H]1CN(C(=O)OC(C)(C)C)CCN1.C[C@H]1CN(C(=O)OC(C)(C)C)CCN1c1ccncc1F.C[C@H]1CNCCN1c1ccncc1F.S.S. The van der Waals surface area contributed by atoms with Crippen LogP contribution in [0.4, 0.5) is 29.7 Å². The fourth-order valence-electron chi connectivity index (χ4n) is 5.63. The molecule has 5 rings (SSSR count). The summed E-state index contributed by atoms with van der Waals surface area (Å²) in [7, 11) is 0. The van der Waals surface area contributed by atoms with Gasteiger partial charge < -0.3 is 39.7 Å². The summed E-state index contributed by atoms with van der Waals surface area (Å²) in [5, 5.41) is 6.55. The van der Waals surface area contributed by atoms with E-state index in [9.17, 15) is 18.4 Å². The second-order valence-corrected chi connectivity index (χ2v) is 14.7. The molecule has 2 N–H and O–H groups in total. The summed E-state index contributed by atoms with van der Waals surface area (Å²) in [6, 6.07) is 4.10. The average Bonchev–Trinajstić information content (AvgIpc) is 3.01. The van der Waals surface area contributed by atoms with E-state index in [4.69, 9.17) is 9.47 Å². The van der Waals surface area contributed by atoms with Crippen LogP contribution in [0.3, 0.4) is 0 Å². The molecule has 0 spiro atoms. The lowest BCUT2D eigenvalue weighted by Gasteiger charge is -2.41. The summed E-state index contributed by atoms with van der Waals surface area (Å²) in [6.45, 7) is 23.9. The molecule has 0 aliphatic carbocycles. The van der Waals surface area contributed by atoms with Gasteiger partial charge in [0.05, 0.1) is 23.8 Å². The number of nitrogens with zero attached hydrogens (tertiary/aromatic N) is 6. The summed E-state index contributed by atoms with van der Waals surface area (Å²) in [4.78, 5) is 38.7. The van der Waals surface area contributed by atoms with E-state index < -0.39 is 11.2 Å². The third-order valence-corrected chi connectivity index (χ3v) is 7.92. The van der Waals surface area contributed by atoms with Crippen molar-refractivity contribution in [3.8, 4) is 0 Å². The van der Waals surface area contributed by atoms with Crippen LogP contribution < -0.4 is 20.4 Å². The number of hydrogen-bond acceptors (Lipinski definition) is 10. The molecule has 3 atom stereocenters. The number of piperazine rings is 3. The molecule has 0 aromatic carbocycles. The van der Waals surface area contributed by atoms with Gasteiger partial charge in [-0.05, 0) is 74.4 Å². The molecule has 0 bridgehead atoms. The van der Waals surface area contributed by atoms with Gasteiger partial charge in [0.25, 0.3) is 0 Å². The van der Waals surface area contributed by atoms with E-state index in [1.54, 1.807) is 34.3 Å². The number of pyridine rings is 2. The van der Waals surface area contributed by atoms with Crippen molar-refractivity contribution in [2.75, 3.05) is 68.7 Å². The Bertz CT molecular complexity index is 1370. The van der Waals surface area contributed by atoms with Gasteiger partial charge in [0.2, 0.25) is 0 Å². The van der Waals surface area contributed by atoms with Crippen molar-refractivity contribution in [3.05, 3.63) is 48.6 Å². The van der Waals surface area contributed by atoms with Gasteiger partial charge in [-0.1, -0.05) is 0 Å². The number of amides is 2. The fourth-order valence-corrected chi connectivity index (χ4v) is 5.63. The van der Waals surface area contributed by atoms with E-state index in [-0.39, 0.29) is 56.9 Å². The first kappa shape index (κ1) is 45.9. The second-order valence-electron chi connectivity index (χ2n) is 14.7. The van der Waals surface area contributed by atoms with Gasteiger partial charge in [0.1, 0.15) is 11.2 Å². The topological polar surface area (TPSA) is 115 Å². The molecule has 5 heterocycles. The van der Waals surface area contributed by atoms with E-state index >= 15 is 0 Å². The van der Waals surface area contributed by atoms with Gasteiger partial charge in [-0.25, -0.2) is 18.4 Å². The van der Waals surface area contributed by atoms with Crippen LogP contribution in [0.2, 0.25) is 0 Å². The predicted molar refractivity (Wildman–Crippen MR) is 209 cm³/mol. The summed E-state index contributed by atoms with van der Waals surface area (Å²) in [6.07, 6.45) is 5.17. The molecule has 3 saturated heterocycles. The minimum Gasteiger partial charge on any atom is -0.444 e. The molecule has 16 heteroatoms. The summed E-state index contributed by atoms with van der Waals surface area (Å²) < 4.78 is 37.9. The minimum absolute atomic E-state index is 0. The number of carbonyl (C=O) groups is 2. The molecule has 3 aliphatic heterocycles. The zero-order valence-electron chi connectivity index (χ0n) is 31.6. The Balaban J connectivity index is 0.000000387. The van der Waals surface area contributed by atoms with Crippen molar-refractivity contribution in [3.63, 3.8) is 0 Å². The van der Waals surface area contributed by atoms with Crippen molar-refractivity contribution in [1.29, 1.82) is 0 Å². The van der Waals surface area contributed by atoms with E-state index in [0.29, 0.717) is 43.1 Å². The summed E-state index contributed by atoms with van der Waals surface area (Å²) in [5.74, 6) is -0.573. The number of nitrogens with one attached hydrogen (secondary N) is 2. The maximum absolute atomic E-state index is 13.8. The molecule has 2 amide bonds. The molecule has 3 fully saturated rings. The summed E-state index contributed by atoms with van der Waals surface area (Å²) >= 11 is 0. The van der Waals surface area contributed by atoms with Crippen LogP contribution >= 0.6 is 27.0 Å². The molecule has 51 heavy (non-hydrogen) atoms. The van der Waals surface area contributed by atoms with E-state index in [2.05, 4.69) is 39.3 Å². The number of hydrogen-bond donors (Lipinski definition) is 2. The second kappa shape index (κ2) is 20.8. The van der Waals surface area contributed by atoms with Crippen LogP contribution in [0.5, 0.6) is 0 Å². The largest absolute Gasteiger partial charge is 0.444 e. The molecule has 3 aliphatic rings. The third kappa shape index (κ3) is 15.2. The van der Waals surface area contributed by atoms with Gasteiger partial charge in [-0.15, -0.1) is 0 Å². The van der Waals surface area contributed by atoms with E-state index in [1.165, 1.54) is 12.4 Å². The Kier molecular flexibility index (Phi) is 18.8. The maximum Gasteiger partial charge on any atom is 0.410 e. The van der Waals surface area contributed by atoms with Gasteiger partial charge >= 0.3 is 12.2 Å². The summed E-state index contributed by atoms with van der Waals surface area (Å²) in [5.41, 5.74) is 0.287. The number of carbonyl (C=O) groups excluding carboxylic acids is 2. The molecule has 12 nitrogen and oxygen atoms in total.